The molecule has 0 spiro atoms. The Kier molecular flexibility index (Phi) is 6.04. The van der Waals surface area contributed by atoms with E-state index in [2.05, 4.69) is 20.9 Å². The summed E-state index contributed by atoms with van der Waals surface area (Å²) >= 11 is 11.0. The maximum Gasteiger partial charge on any atom is 0.252 e. The van der Waals surface area contributed by atoms with Gasteiger partial charge in [-0.25, -0.2) is 4.99 Å². The van der Waals surface area contributed by atoms with Gasteiger partial charge in [-0.15, -0.1) is 0 Å². The topological polar surface area (TPSA) is 45.8 Å². The number of furan rings is 1. The lowest BCUT2D eigenvalue weighted by Crippen LogP contribution is -2.38. The number of hydrogen-bond donors (Lipinski definition) is 0. The van der Waals surface area contributed by atoms with E-state index in [1.807, 2.05) is 25.1 Å². The highest BCUT2D eigenvalue weighted by Gasteiger charge is 2.22. The van der Waals surface area contributed by atoms with E-state index >= 15 is 0 Å². The highest BCUT2D eigenvalue weighted by molar-refractivity contribution is 9.10. The quantitative estimate of drug-likeness (QED) is 0.579. The average Bonchev–Trinajstić information content (AvgIpc) is 3.02. The van der Waals surface area contributed by atoms with Crippen molar-refractivity contribution in [1.29, 1.82) is 0 Å². The van der Waals surface area contributed by atoms with E-state index in [0.29, 0.717) is 27.2 Å². The van der Waals surface area contributed by atoms with Crippen LogP contribution in [-0.2, 0) is 4.79 Å². The Morgan fingerprint density at radius 3 is 2.96 bits per heavy atom. The fourth-order valence-corrected chi connectivity index (χ4v) is 3.74. The SMILES string of the molecule is Cc1ccc(N=C2SCCCN2C(=O)/C=C/c2ccc(Br)o2)cc1Cl. The summed E-state index contributed by atoms with van der Waals surface area (Å²) in [6, 6.07) is 9.23. The molecule has 0 saturated carbocycles. The second kappa shape index (κ2) is 8.25. The van der Waals surface area contributed by atoms with Crippen molar-refractivity contribution >= 4 is 62.1 Å². The van der Waals surface area contributed by atoms with Crippen molar-refractivity contribution in [3.05, 3.63) is 57.4 Å². The number of thioether (sulfide) groups is 1. The lowest BCUT2D eigenvalue weighted by atomic mass is 10.2. The summed E-state index contributed by atoms with van der Waals surface area (Å²) in [5.41, 5.74) is 1.75. The number of carbonyl (C=O) groups excluding carboxylic acids is 1. The van der Waals surface area contributed by atoms with Gasteiger partial charge in [-0.1, -0.05) is 29.4 Å². The van der Waals surface area contributed by atoms with E-state index in [4.69, 9.17) is 16.0 Å². The number of halogens is 2. The largest absolute Gasteiger partial charge is 0.450 e. The zero-order chi connectivity index (χ0) is 17.8. The summed E-state index contributed by atoms with van der Waals surface area (Å²) in [5, 5.41) is 1.37. The van der Waals surface area contributed by atoms with Crippen LogP contribution in [0.25, 0.3) is 6.08 Å². The number of carbonyl (C=O) groups is 1. The van der Waals surface area contributed by atoms with E-state index in [-0.39, 0.29) is 5.91 Å². The second-order valence-corrected chi connectivity index (χ2v) is 7.75. The van der Waals surface area contributed by atoms with E-state index in [0.717, 1.165) is 23.4 Å². The number of hydrogen-bond acceptors (Lipinski definition) is 4. The maximum atomic E-state index is 12.6. The Hall–Kier alpha value is -1.50. The van der Waals surface area contributed by atoms with Gasteiger partial charge in [-0.2, -0.15) is 0 Å². The zero-order valence-corrected chi connectivity index (χ0v) is 16.7. The van der Waals surface area contributed by atoms with E-state index in [1.54, 1.807) is 34.9 Å². The highest BCUT2D eigenvalue weighted by Crippen LogP contribution is 2.26. The summed E-state index contributed by atoms with van der Waals surface area (Å²) in [4.78, 5) is 18.9. The van der Waals surface area contributed by atoms with Gasteiger partial charge in [-0.05, 0) is 65.2 Å². The molecule has 7 heteroatoms. The third-order valence-electron chi connectivity index (χ3n) is 3.62. The van der Waals surface area contributed by atoms with Gasteiger partial charge in [0.25, 0.3) is 5.91 Å². The third kappa shape index (κ3) is 4.77. The number of benzene rings is 1. The van der Waals surface area contributed by atoms with Crippen LogP contribution < -0.4 is 0 Å². The molecule has 2 heterocycles. The van der Waals surface area contributed by atoms with Gasteiger partial charge in [0, 0.05) is 23.4 Å². The van der Waals surface area contributed by atoms with Crippen LogP contribution in [0.4, 0.5) is 5.69 Å². The van der Waals surface area contributed by atoms with E-state index < -0.39 is 0 Å². The normalized spacial score (nSPS) is 16.8. The Morgan fingerprint density at radius 2 is 2.24 bits per heavy atom. The van der Waals surface area contributed by atoms with Crippen LogP contribution in [0.15, 0.2) is 50.5 Å². The van der Waals surface area contributed by atoms with Gasteiger partial charge in [0.1, 0.15) is 5.76 Å². The number of nitrogens with zero attached hydrogens (tertiary/aromatic N) is 2. The minimum Gasteiger partial charge on any atom is -0.450 e. The molecule has 0 unspecified atom stereocenters. The van der Waals surface area contributed by atoms with Crippen molar-refractivity contribution in [3.8, 4) is 0 Å². The lowest BCUT2D eigenvalue weighted by molar-refractivity contribution is -0.122. The van der Waals surface area contributed by atoms with Gasteiger partial charge in [-0.3, -0.25) is 9.69 Å². The molecular weight excluding hydrogens is 424 g/mol. The van der Waals surface area contributed by atoms with Gasteiger partial charge in [0.05, 0.1) is 5.69 Å². The van der Waals surface area contributed by atoms with Gasteiger partial charge in [0.2, 0.25) is 0 Å². The van der Waals surface area contributed by atoms with Crippen molar-refractivity contribution in [2.75, 3.05) is 12.3 Å². The van der Waals surface area contributed by atoms with Crippen molar-refractivity contribution in [3.63, 3.8) is 0 Å². The fourth-order valence-electron chi connectivity index (χ4n) is 2.28. The molecule has 0 aliphatic carbocycles. The van der Waals surface area contributed by atoms with Gasteiger partial charge >= 0.3 is 0 Å². The highest BCUT2D eigenvalue weighted by atomic mass is 79.9. The lowest BCUT2D eigenvalue weighted by Gasteiger charge is -2.26. The summed E-state index contributed by atoms with van der Waals surface area (Å²) in [6.45, 7) is 2.60. The molecule has 3 rings (SSSR count). The summed E-state index contributed by atoms with van der Waals surface area (Å²) in [6.07, 6.45) is 4.10. The number of amidine groups is 1. The predicted octanol–water partition coefficient (Wildman–Crippen LogP) is 5.67. The standard InChI is InChI=1S/C18H16BrClN2O2S/c1-12-3-4-13(11-15(12)20)21-18-22(9-2-10-25-18)17(23)8-6-14-5-7-16(19)24-14/h3-8,11H,2,9-10H2,1H3/b8-6+,21-18?. The minimum absolute atomic E-state index is 0.114. The first kappa shape index (κ1) is 18.3. The molecule has 130 valence electrons. The number of aliphatic imine (C=N–C) groups is 1. The molecule has 0 bridgehead atoms. The molecule has 1 aromatic carbocycles. The summed E-state index contributed by atoms with van der Waals surface area (Å²) in [7, 11) is 0. The zero-order valence-electron chi connectivity index (χ0n) is 13.5. The third-order valence-corrected chi connectivity index (χ3v) is 5.51. The smallest absolute Gasteiger partial charge is 0.252 e. The van der Waals surface area contributed by atoms with Crippen molar-refractivity contribution in [2.24, 2.45) is 4.99 Å². The van der Waals surface area contributed by atoms with Crippen LogP contribution in [-0.4, -0.2) is 28.3 Å². The minimum atomic E-state index is -0.114. The second-order valence-electron chi connectivity index (χ2n) is 5.49. The molecule has 0 radical (unpaired) electrons. The first-order chi connectivity index (χ1) is 12.0. The maximum absolute atomic E-state index is 12.6. The molecule has 0 atom stereocenters. The van der Waals surface area contributed by atoms with Gasteiger partial charge in [0.15, 0.2) is 9.84 Å². The fraction of sp³-hybridized carbons (Fsp3) is 0.222. The van der Waals surface area contributed by atoms with Gasteiger partial charge < -0.3 is 4.42 Å². The Morgan fingerprint density at radius 1 is 1.40 bits per heavy atom. The van der Waals surface area contributed by atoms with E-state index in [9.17, 15) is 4.79 Å². The first-order valence-corrected chi connectivity index (χ1v) is 9.91. The van der Waals surface area contributed by atoms with Crippen LogP contribution >= 0.6 is 39.3 Å². The van der Waals surface area contributed by atoms with Crippen LogP contribution in [0.2, 0.25) is 5.02 Å². The molecule has 25 heavy (non-hydrogen) atoms. The number of rotatable bonds is 3. The number of aryl methyl sites for hydroxylation is 1. The van der Waals surface area contributed by atoms with Crippen LogP contribution in [0, 0.1) is 6.92 Å². The average molecular weight is 440 g/mol. The number of amides is 1. The monoisotopic (exact) mass is 438 g/mol. The predicted molar refractivity (Wildman–Crippen MR) is 108 cm³/mol. The van der Waals surface area contributed by atoms with Crippen molar-refractivity contribution in [1.82, 2.24) is 4.90 Å². The Balaban J connectivity index is 1.80. The Bertz CT molecular complexity index is 847. The Labute approximate surface area is 164 Å². The molecule has 1 aliphatic heterocycles. The molecular formula is C18H16BrClN2O2S. The molecule has 2 aromatic rings. The summed E-state index contributed by atoms with van der Waals surface area (Å²) < 4.78 is 6.01. The first-order valence-electron chi connectivity index (χ1n) is 7.75. The molecule has 1 saturated heterocycles. The molecule has 1 aliphatic rings. The molecule has 1 amide bonds. The van der Waals surface area contributed by atoms with Crippen LogP contribution in [0.1, 0.15) is 17.7 Å². The van der Waals surface area contributed by atoms with Crippen molar-refractivity contribution < 1.29 is 9.21 Å². The molecule has 0 N–H and O–H groups in total. The van der Waals surface area contributed by atoms with Crippen molar-refractivity contribution in [2.45, 2.75) is 13.3 Å². The van der Waals surface area contributed by atoms with Crippen LogP contribution in [0.5, 0.6) is 0 Å². The van der Waals surface area contributed by atoms with Crippen LogP contribution in [0.3, 0.4) is 0 Å². The summed E-state index contributed by atoms with van der Waals surface area (Å²) in [5.74, 6) is 1.45. The van der Waals surface area contributed by atoms with E-state index in [1.165, 1.54) is 6.08 Å². The molecule has 4 nitrogen and oxygen atoms in total. The molecule has 1 fully saturated rings. The molecule has 1 aromatic heterocycles.